The van der Waals surface area contributed by atoms with Crippen LogP contribution >= 0.6 is 0 Å². The van der Waals surface area contributed by atoms with Gasteiger partial charge in [-0.1, -0.05) is 0 Å². The fourth-order valence-electron chi connectivity index (χ4n) is 1.46. The lowest BCUT2D eigenvalue weighted by molar-refractivity contribution is 0.0474. The molecule has 98 valence electrons. The van der Waals surface area contributed by atoms with Crippen LogP contribution in [0, 0.1) is 6.92 Å². The molecule has 0 aliphatic rings. The number of aromatic hydroxyl groups is 1. The van der Waals surface area contributed by atoms with Crippen LogP contribution in [0.25, 0.3) is 0 Å². The van der Waals surface area contributed by atoms with Crippen molar-refractivity contribution in [2.45, 2.75) is 20.8 Å². The van der Waals surface area contributed by atoms with Gasteiger partial charge in [-0.2, -0.15) is 0 Å². The zero-order chi connectivity index (χ0) is 13.7. The maximum Gasteiger partial charge on any atom is 0.342 e. The first-order valence-corrected chi connectivity index (χ1v) is 5.55. The van der Waals surface area contributed by atoms with E-state index in [0.717, 1.165) is 6.20 Å². The zero-order valence-corrected chi connectivity index (χ0v) is 10.5. The van der Waals surface area contributed by atoms with Gasteiger partial charge in [0.05, 0.1) is 30.7 Å². The number of aromatic nitrogens is 1. The Bertz CT molecular complexity index is 427. The highest BCUT2D eigenvalue weighted by Gasteiger charge is 2.26. The first kappa shape index (κ1) is 14.0. The van der Waals surface area contributed by atoms with E-state index in [9.17, 15) is 14.7 Å². The minimum absolute atomic E-state index is 0.0599. The monoisotopic (exact) mass is 253 g/mol. The van der Waals surface area contributed by atoms with Crippen molar-refractivity contribution in [2.24, 2.45) is 0 Å². The molecule has 18 heavy (non-hydrogen) atoms. The maximum absolute atomic E-state index is 11.8. The van der Waals surface area contributed by atoms with Gasteiger partial charge in [0, 0.05) is 0 Å². The molecule has 0 aliphatic carbocycles. The second kappa shape index (κ2) is 6.00. The maximum atomic E-state index is 11.8. The minimum atomic E-state index is -0.774. The van der Waals surface area contributed by atoms with Gasteiger partial charge in [0.15, 0.2) is 0 Å². The standard InChI is InChI=1S/C12H15NO5/c1-4-17-11(15)9-7(3)13-6-8(14)10(9)12(16)18-5-2/h6,14H,4-5H2,1-3H3. The lowest BCUT2D eigenvalue weighted by Crippen LogP contribution is -2.16. The second-order valence-electron chi connectivity index (χ2n) is 3.42. The van der Waals surface area contributed by atoms with Gasteiger partial charge in [0.25, 0.3) is 0 Å². The quantitative estimate of drug-likeness (QED) is 0.817. The topological polar surface area (TPSA) is 85.7 Å². The minimum Gasteiger partial charge on any atom is -0.505 e. The largest absolute Gasteiger partial charge is 0.505 e. The molecule has 0 aromatic carbocycles. The van der Waals surface area contributed by atoms with E-state index >= 15 is 0 Å². The Balaban J connectivity index is 3.33. The van der Waals surface area contributed by atoms with Crippen LogP contribution in [0.5, 0.6) is 5.75 Å². The van der Waals surface area contributed by atoms with Crippen molar-refractivity contribution >= 4 is 11.9 Å². The number of aryl methyl sites for hydroxylation is 1. The van der Waals surface area contributed by atoms with Crippen LogP contribution in [0.2, 0.25) is 0 Å². The van der Waals surface area contributed by atoms with Gasteiger partial charge in [0.1, 0.15) is 11.3 Å². The fourth-order valence-corrected chi connectivity index (χ4v) is 1.46. The van der Waals surface area contributed by atoms with Crippen molar-refractivity contribution in [1.82, 2.24) is 4.98 Å². The van der Waals surface area contributed by atoms with E-state index in [0.29, 0.717) is 5.69 Å². The predicted molar refractivity (Wildman–Crippen MR) is 62.6 cm³/mol. The number of pyridine rings is 1. The second-order valence-corrected chi connectivity index (χ2v) is 3.42. The average Bonchev–Trinajstić information content (AvgIpc) is 2.32. The zero-order valence-electron chi connectivity index (χ0n) is 10.5. The molecule has 0 saturated heterocycles. The van der Waals surface area contributed by atoms with E-state index in [4.69, 9.17) is 9.47 Å². The number of hydrogen-bond acceptors (Lipinski definition) is 6. The molecule has 0 amide bonds. The summed E-state index contributed by atoms with van der Waals surface area (Å²) in [6.45, 7) is 5.13. The summed E-state index contributed by atoms with van der Waals surface area (Å²) in [6.07, 6.45) is 1.10. The van der Waals surface area contributed by atoms with Crippen molar-refractivity contribution in [3.05, 3.63) is 23.0 Å². The number of rotatable bonds is 4. The van der Waals surface area contributed by atoms with Crippen LogP contribution in [-0.4, -0.2) is 35.2 Å². The summed E-state index contributed by atoms with van der Waals surface area (Å²) in [5.74, 6) is -1.88. The molecule has 1 aromatic heterocycles. The summed E-state index contributed by atoms with van der Waals surface area (Å²) < 4.78 is 9.63. The van der Waals surface area contributed by atoms with E-state index in [1.165, 1.54) is 0 Å². The molecule has 6 nitrogen and oxygen atoms in total. The van der Waals surface area contributed by atoms with Crippen molar-refractivity contribution in [1.29, 1.82) is 0 Å². The number of esters is 2. The molecule has 0 atom stereocenters. The molecule has 1 aromatic rings. The molecule has 0 bridgehead atoms. The van der Waals surface area contributed by atoms with Crippen molar-refractivity contribution in [2.75, 3.05) is 13.2 Å². The predicted octanol–water partition coefficient (Wildman–Crippen LogP) is 1.45. The van der Waals surface area contributed by atoms with Gasteiger partial charge in [0.2, 0.25) is 0 Å². The Morgan fingerprint density at radius 2 is 1.67 bits per heavy atom. The molecule has 0 unspecified atom stereocenters. The molecule has 1 rings (SSSR count). The van der Waals surface area contributed by atoms with Crippen LogP contribution in [0.1, 0.15) is 40.3 Å². The van der Waals surface area contributed by atoms with Gasteiger partial charge in [-0.15, -0.1) is 0 Å². The van der Waals surface area contributed by atoms with Gasteiger partial charge in [-0.05, 0) is 20.8 Å². The Labute approximate surface area is 105 Å². The van der Waals surface area contributed by atoms with Gasteiger partial charge in [-0.3, -0.25) is 4.98 Å². The number of carbonyl (C=O) groups is 2. The van der Waals surface area contributed by atoms with Gasteiger partial charge < -0.3 is 14.6 Å². The van der Waals surface area contributed by atoms with Crippen LogP contribution in [0.15, 0.2) is 6.20 Å². The van der Waals surface area contributed by atoms with Crippen molar-refractivity contribution in [3.63, 3.8) is 0 Å². The first-order valence-electron chi connectivity index (χ1n) is 5.55. The SMILES string of the molecule is CCOC(=O)c1c(O)cnc(C)c1C(=O)OCC. The highest BCUT2D eigenvalue weighted by Crippen LogP contribution is 2.24. The van der Waals surface area contributed by atoms with Gasteiger partial charge >= 0.3 is 11.9 Å². The Hall–Kier alpha value is -2.11. The summed E-state index contributed by atoms with van der Waals surface area (Å²) in [6, 6.07) is 0. The molecule has 6 heteroatoms. The van der Waals surface area contributed by atoms with E-state index in [2.05, 4.69) is 4.98 Å². The Kier molecular flexibility index (Phi) is 4.65. The highest BCUT2D eigenvalue weighted by molar-refractivity contribution is 6.05. The first-order chi connectivity index (χ1) is 8.52. The number of carbonyl (C=O) groups excluding carboxylic acids is 2. The van der Waals surface area contributed by atoms with E-state index in [1.807, 2.05) is 0 Å². The fraction of sp³-hybridized carbons (Fsp3) is 0.417. The molecule has 1 heterocycles. The Morgan fingerprint density at radius 1 is 1.17 bits per heavy atom. The average molecular weight is 253 g/mol. The molecule has 0 fully saturated rings. The smallest absolute Gasteiger partial charge is 0.342 e. The summed E-state index contributed by atoms with van der Waals surface area (Å²) in [5, 5.41) is 9.66. The third-order valence-electron chi connectivity index (χ3n) is 2.21. The van der Waals surface area contributed by atoms with Crippen LogP contribution in [-0.2, 0) is 9.47 Å². The van der Waals surface area contributed by atoms with Crippen molar-refractivity contribution < 1.29 is 24.2 Å². The number of hydrogen-bond donors (Lipinski definition) is 1. The van der Waals surface area contributed by atoms with E-state index in [-0.39, 0.29) is 24.3 Å². The van der Waals surface area contributed by atoms with Crippen LogP contribution in [0.4, 0.5) is 0 Å². The van der Waals surface area contributed by atoms with Crippen LogP contribution in [0.3, 0.4) is 0 Å². The summed E-state index contributed by atoms with van der Waals surface area (Å²) in [4.78, 5) is 27.3. The Morgan fingerprint density at radius 3 is 2.17 bits per heavy atom. The molecule has 0 spiro atoms. The van der Waals surface area contributed by atoms with Gasteiger partial charge in [-0.25, -0.2) is 9.59 Å². The summed E-state index contributed by atoms with van der Waals surface area (Å²) in [5.41, 5.74) is 0.0346. The molecule has 0 radical (unpaired) electrons. The summed E-state index contributed by atoms with van der Waals surface area (Å²) >= 11 is 0. The molecule has 1 N–H and O–H groups in total. The molecule has 0 saturated carbocycles. The molecular formula is C12H15NO5. The summed E-state index contributed by atoms with van der Waals surface area (Å²) in [7, 11) is 0. The normalized spacial score (nSPS) is 9.94. The number of ether oxygens (including phenoxy) is 2. The third-order valence-corrected chi connectivity index (χ3v) is 2.21. The van der Waals surface area contributed by atoms with E-state index < -0.39 is 17.7 Å². The highest BCUT2D eigenvalue weighted by atomic mass is 16.5. The lowest BCUT2D eigenvalue weighted by atomic mass is 10.1. The van der Waals surface area contributed by atoms with Crippen molar-refractivity contribution in [3.8, 4) is 5.75 Å². The molecule has 0 aliphatic heterocycles. The van der Waals surface area contributed by atoms with Crippen LogP contribution < -0.4 is 0 Å². The van der Waals surface area contributed by atoms with E-state index in [1.54, 1.807) is 20.8 Å². The number of nitrogens with zero attached hydrogens (tertiary/aromatic N) is 1. The molecular weight excluding hydrogens is 238 g/mol. The third kappa shape index (κ3) is 2.77. The lowest BCUT2D eigenvalue weighted by Gasteiger charge is -2.11.